The lowest BCUT2D eigenvalue weighted by Gasteiger charge is -2.41. The second-order valence-corrected chi connectivity index (χ2v) is 7.14. The molecule has 0 saturated carbocycles. The number of hydrogen-bond acceptors (Lipinski definition) is 3. The molecule has 4 nitrogen and oxygen atoms in total. The highest BCUT2D eigenvalue weighted by Crippen LogP contribution is 2.36. The Kier molecular flexibility index (Phi) is 6.89. The minimum atomic E-state index is -4.37. The highest BCUT2D eigenvalue weighted by atomic mass is 19.4. The van der Waals surface area contributed by atoms with Crippen LogP contribution in [0.4, 0.5) is 13.2 Å². The number of hydrogen-bond donors (Lipinski definition) is 0. The Balaban J connectivity index is 2.21. The molecule has 27 heavy (non-hydrogen) atoms. The number of aryl methyl sites for hydroxylation is 1. The van der Waals surface area contributed by atoms with Gasteiger partial charge in [0.1, 0.15) is 0 Å². The predicted octanol–water partition coefficient (Wildman–Crippen LogP) is 4.05. The van der Waals surface area contributed by atoms with Gasteiger partial charge < -0.3 is 9.64 Å². The first-order valence-corrected chi connectivity index (χ1v) is 9.23. The summed E-state index contributed by atoms with van der Waals surface area (Å²) in [4.78, 5) is 26.5. The summed E-state index contributed by atoms with van der Waals surface area (Å²) in [6.07, 6.45) is -4.60. The summed E-state index contributed by atoms with van der Waals surface area (Å²) in [5.41, 5.74) is 1.09. The van der Waals surface area contributed by atoms with Crippen molar-refractivity contribution < 1.29 is 27.5 Å². The summed E-state index contributed by atoms with van der Waals surface area (Å²) in [6, 6.07) is 7.67. The molecular weight excluding hydrogens is 359 g/mol. The zero-order valence-electron chi connectivity index (χ0n) is 15.8. The van der Waals surface area contributed by atoms with Crippen LogP contribution < -0.4 is 0 Å². The predicted molar refractivity (Wildman–Crippen MR) is 95.1 cm³/mol. The monoisotopic (exact) mass is 385 g/mol. The molecule has 1 atom stereocenters. The zero-order valence-corrected chi connectivity index (χ0v) is 15.8. The maximum absolute atomic E-state index is 12.8. The molecule has 0 bridgehead atoms. The van der Waals surface area contributed by atoms with Crippen LogP contribution in [0.3, 0.4) is 0 Å². The Morgan fingerprint density at radius 3 is 2.59 bits per heavy atom. The molecule has 1 saturated heterocycles. The molecular formula is C20H26F3NO3. The Morgan fingerprint density at radius 2 is 1.96 bits per heavy atom. The van der Waals surface area contributed by atoms with Gasteiger partial charge >= 0.3 is 12.1 Å². The van der Waals surface area contributed by atoms with Crippen LogP contribution in [0.2, 0.25) is 0 Å². The van der Waals surface area contributed by atoms with Crippen molar-refractivity contribution in [3.8, 4) is 0 Å². The Bertz CT molecular complexity index is 675. The molecule has 0 N–H and O–H groups in total. The molecule has 1 heterocycles. The van der Waals surface area contributed by atoms with E-state index in [0.29, 0.717) is 25.8 Å². The van der Waals surface area contributed by atoms with Crippen molar-refractivity contribution in [2.24, 2.45) is 5.41 Å². The molecule has 0 radical (unpaired) electrons. The van der Waals surface area contributed by atoms with Crippen LogP contribution in [0.1, 0.15) is 43.7 Å². The number of nitrogens with zero attached hydrogens (tertiary/aromatic N) is 1. The number of esters is 1. The van der Waals surface area contributed by atoms with Crippen LogP contribution >= 0.6 is 0 Å². The lowest BCUT2D eigenvalue weighted by atomic mass is 9.74. The van der Waals surface area contributed by atoms with Crippen molar-refractivity contribution in [2.75, 3.05) is 19.7 Å². The minimum Gasteiger partial charge on any atom is -0.466 e. The van der Waals surface area contributed by atoms with Gasteiger partial charge in [-0.25, -0.2) is 0 Å². The summed E-state index contributed by atoms with van der Waals surface area (Å²) < 4.78 is 42.6. The normalized spacial score (nSPS) is 20.4. The molecule has 1 aromatic carbocycles. The van der Waals surface area contributed by atoms with Gasteiger partial charge in [0.15, 0.2) is 0 Å². The van der Waals surface area contributed by atoms with E-state index in [-0.39, 0.29) is 19.1 Å². The largest absolute Gasteiger partial charge is 0.466 e. The average molecular weight is 385 g/mol. The van der Waals surface area contributed by atoms with E-state index in [1.54, 1.807) is 6.92 Å². The minimum absolute atomic E-state index is 0.0941. The Morgan fingerprint density at radius 1 is 1.26 bits per heavy atom. The summed E-state index contributed by atoms with van der Waals surface area (Å²) in [6.45, 7) is 4.34. The lowest BCUT2D eigenvalue weighted by molar-refractivity contribution is -0.163. The number of piperidine rings is 1. The van der Waals surface area contributed by atoms with Crippen LogP contribution in [0.5, 0.6) is 0 Å². The first-order valence-electron chi connectivity index (χ1n) is 9.23. The molecule has 1 fully saturated rings. The van der Waals surface area contributed by atoms with E-state index < -0.39 is 30.3 Å². The molecule has 1 amide bonds. The van der Waals surface area contributed by atoms with Gasteiger partial charge in [0, 0.05) is 19.5 Å². The van der Waals surface area contributed by atoms with E-state index >= 15 is 0 Å². The van der Waals surface area contributed by atoms with Gasteiger partial charge in [-0.3, -0.25) is 9.59 Å². The maximum atomic E-state index is 12.8. The first kappa shape index (κ1) is 21.3. The van der Waals surface area contributed by atoms with Gasteiger partial charge in [-0.15, -0.1) is 0 Å². The van der Waals surface area contributed by atoms with Gasteiger partial charge in [0.05, 0.1) is 18.4 Å². The van der Waals surface area contributed by atoms with Crippen molar-refractivity contribution in [3.05, 3.63) is 35.4 Å². The highest BCUT2D eigenvalue weighted by Gasteiger charge is 2.45. The molecule has 0 spiro atoms. The van der Waals surface area contributed by atoms with E-state index in [4.69, 9.17) is 4.74 Å². The molecule has 1 aliphatic heterocycles. The van der Waals surface area contributed by atoms with E-state index in [1.807, 2.05) is 31.2 Å². The number of amides is 1. The second kappa shape index (κ2) is 8.76. The average Bonchev–Trinajstić information content (AvgIpc) is 2.61. The molecule has 0 aliphatic carbocycles. The molecule has 0 aromatic heterocycles. The lowest BCUT2D eigenvalue weighted by Crippen LogP contribution is -2.51. The van der Waals surface area contributed by atoms with E-state index in [9.17, 15) is 22.8 Å². The number of halogens is 3. The van der Waals surface area contributed by atoms with Gasteiger partial charge in [0.2, 0.25) is 5.91 Å². The fourth-order valence-corrected chi connectivity index (χ4v) is 3.59. The number of ether oxygens (including phenoxy) is 1. The Hall–Kier alpha value is -2.05. The third-order valence-corrected chi connectivity index (χ3v) is 5.05. The summed E-state index contributed by atoms with van der Waals surface area (Å²) in [7, 11) is 0. The van der Waals surface area contributed by atoms with Gasteiger partial charge in [-0.05, 0) is 44.2 Å². The number of carbonyl (C=O) groups excluding carboxylic acids is 2. The van der Waals surface area contributed by atoms with Crippen molar-refractivity contribution in [3.63, 3.8) is 0 Å². The van der Waals surface area contributed by atoms with Crippen LogP contribution in [0.15, 0.2) is 24.3 Å². The number of benzene rings is 1. The number of rotatable bonds is 6. The fourth-order valence-electron chi connectivity index (χ4n) is 3.59. The van der Waals surface area contributed by atoms with E-state index in [2.05, 4.69) is 0 Å². The quantitative estimate of drug-likeness (QED) is 0.694. The molecule has 1 aliphatic rings. The third-order valence-electron chi connectivity index (χ3n) is 5.05. The van der Waals surface area contributed by atoms with Gasteiger partial charge in [-0.2, -0.15) is 13.2 Å². The third kappa shape index (κ3) is 5.71. The summed E-state index contributed by atoms with van der Waals surface area (Å²) in [5, 5.41) is 0. The number of carbonyl (C=O) groups is 2. The second-order valence-electron chi connectivity index (χ2n) is 7.14. The number of alkyl halides is 3. The molecule has 2 rings (SSSR count). The van der Waals surface area contributed by atoms with E-state index in [1.165, 1.54) is 4.90 Å². The van der Waals surface area contributed by atoms with Crippen molar-refractivity contribution in [1.29, 1.82) is 0 Å². The summed E-state index contributed by atoms with van der Waals surface area (Å²) in [5.74, 6) is -0.952. The molecule has 1 aromatic rings. The van der Waals surface area contributed by atoms with Gasteiger partial charge in [0.25, 0.3) is 0 Å². The van der Waals surface area contributed by atoms with Crippen LogP contribution in [0, 0.1) is 12.3 Å². The smallest absolute Gasteiger partial charge is 0.389 e. The SMILES string of the molecule is CCOC(=O)C1(Cc2ccccc2C)CCCN(C(=O)CCC(F)(F)F)C1. The van der Waals surface area contributed by atoms with Crippen LogP contribution in [-0.2, 0) is 20.7 Å². The maximum Gasteiger partial charge on any atom is 0.389 e. The summed E-state index contributed by atoms with van der Waals surface area (Å²) >= 11 is 0. The Labute approximate surface area is 157 Å². The highest BCUT2D eigenvalue weighted by molar-refractivity contribution is 5.81. The zero-order chi connectivity index (χ0) is 20.1. The standard InChI is InChI=1S/C20H26F3NO3/c1-3-27-18(26)19(13-16-8-5-4-7-15(16)2)10-6-12-24(14-19)17(25)9-11-20(21,22)23/h4-5,7-8H,3,6,9-14H2,1-2H3. The van der Waals surface area contributed by atoms with Crippen molar-refractivity contribution in [2.45, 2.75) is 52.1 Å². The van der Waals surface area contributed by atoms with Gasteiger partial charge in [-0.1, -0.05) is 24.3 Å². The number of likely N-dealkylation sites (tertiary alicyclic amines) is 1. The molecule has 1 unspecified atom stereocenters. The fraction of sp³-hybridized carbons (Fsp3) is 0.600. The molecule has 150 valence electrons. The topological polar surface area (TPSA) is 46.6 Å². The van der Waals surface area contributed by atoms with Crippen molar-refractivity contribution >= 4 is 11.9 Å². The van der Waals surface area contributed by atoms with E-state index in [0.717, 1.165) is 11.1 Å². The van der Waals surface area contributed by atoms with Crippen molar-refractivity contribution in [1.82, 2.24) is 4.90 Å². The van der Waals surface area contributed by atoms with Crippen LogP contribution in [-0.4, -0.2) is 42.6 Å². The molecule has 7 heteroatoms. The first-order chi connectivity index (χ1) is 12.7. The van der Waals surface area contributed by atoms with Crippen LogP contribution in [0.25, 0.3) is 0 Å².